The Morgan fingerprint density at radius 1 is 0.375 bits per heavy atom. The number of fused-ring (bicyclic) bond motifs is 4. The Morgan fingerprint density at radius 3 is 1.18 bits per heavy atom. The van der Waals surface area contributed by atoms with E-state index in [1.54, 1.807) is 0 Å². The van der Waals surface area contributed by atoms with Crippen LogP contribution >= 0.6 is 6.04 Å². The molecule has 6 aromatic carbocycles. The van der Waals surface area contributed by atoms with Crippen molar-refractivity contribution in [3.63, 3.8) is 0 Å². The normalized spacial score (nSPS) is 13.7. The zero-order chi connectivity index (χ0) is 26.7. The lowest BCUT2D eigenvalue weighted by atomic mass is 10.0. The highest BCUT2D eigenvalue weighted by Gasteiger charge is 2.43. The molecule has 40 heavy (non-hydrogen) atoms. The van der Waals surface area contributed by atoms with Crippen molar-refractivity contribution in [2.24, 2.45) is 0 Å². The van der Waals surface area contributed by atoms with Gasteiger partial charge in [0.1, 0.15) is 23.0 Å². The van der Waals surface area contributed by atoms with Crippen molar-refractivity contribution in [1.29, 1.82) is 0 Å². The Labute approximate surface area is 238 Å². The van der Waals surface area contributed by atoms with Gasteiger partial charge >= 0.3 is 0 Å². The first-order valence-electron chi connectivity index (χ1n) is 13.3. The molecular formula is C36H23O2PS. The van der Waals surface area contributed by atoms with Crippen LogP contribution in [-0.2, 0) is 11.8 Å². The summed E-state index contributed by atoms with van der Waals surface area (Å²) in [7, 11) is 0. The van der Waals surface area contributed by atoms with Crippen LogP contribution in [0.5, 0.6) is 23.0 Å². The third-order valence-electron chi connectivity index (χ3n) is 7.71. The molecule has 6 aromatic rings. The van der Waals surface area contributed by atoms with Gasteiger partial charge in [0.05, 0.1) is 11.3 Å². The van der Waals surface area contributed by atoms with Crippen molar-refractivity contribution in [3.05, 3.63) is 140 Å². The van der Waals surface area contributed by atoms with Gasteiger partial charge in [-0.15, -0.1) is 0 Å². The van der Waals surface area contributed by atoms with Gasteiger partial charge in [0, 0.05) is 10.6 Å². The van der Waals surface area contributed by atoms with Crippen molar-refractivity contribution < 1.29 is 9.47 Å². The summed E-state index contributed by atoms with van der Waals surface area (Å²) in [6.45, 7) is 0. The van der Waals surface area contributed by atoms with Crippen LogP contribution < -0.4 is 25.4 Å². The molecule has 0 spiro atoms. The Hall–Kier alpha value is -4.43. The first-order valence-corrected chi connectivity index (χ1v) is 16.1. The van der Waals surface area contributed by atoms with Gasteiger partial charge in [-0.1, -0.05) is 115 Å². The number of rotatable bonds is 3. The van der Waals surface area contributed by atoms with Crippen molar-refractivity contribution in [2.45, 2.75) is 0 Å². The maximum Gasteiger partial charge on any atom is 0.140 e. The molecule has 0 bridgehead atoms. The van der Waals surface area contributed by atoms with Crippen LogP contribution in [0.2, 0.25) is 0 Å². The van der Waals surface area contributed by atoms with E-state index in [-0.39, 0.29) is 0 Å². The van der Waals surface area contributed by atoms with E-state index in [4.69, 9.17) is 21.3 Å². The van der Waals surface area contributed by atoms with Gasteiger partial charge in [-0.3, -0.25) is 0 Å². The van der Waals surface area contributed by atoms with E-state index in [1.165, 1.54) is 0 Å². The fourth-order valence-electron chi connectivity index (χ4n) is 5.79. The second kappa shape index (κ2) is 9.06. The van der Waals surface area contributed by atoms with Crippen LogP contribution in [0.15, 0.2) is 140 Å². The molecule has 0 atom stereocenters. The van der Waals surface area contributed by atoms with E-state index in [0.717, 1.165) is 72.3 Å². The Bertz CT molecular complexity index is 1850. The maximum absolute atomic E-state index is 6.79. The third-order valence-corrected chi connectivity index (χ3v) is 12.6. The van der Waals surface area contributed by atoms with Crippen LogP contribution in [0.1, 0.15) is 0 Å². The average Bonchev–Trinajstić information content (AvgIpc) is 3.01. The Balaban J connectivity index is 1.37. The molecular weight excluding hydrogens is 527 g/mol. The molecule has 2 aliphatic heterocycles. The summed E-state index contributed by atoms with van der Waals surface area (Å²) in [5, 5.41) is 3.14. The zero-order valence-corrected chi connectivity index (χ0v) is 23.2. The fraction of sp³-hybridized carbons (Fsp3) is 0. The van der Waals surface area contributed by atoms with Gasteiger partial charge < -0.3 is 9.47 Å². The standard InChI is InChI=1S/C36H23O2PS/c40-39-34-18-16-27(24-10-4-1-5-11-24)20-30(34)37-32-22-29(26-14-8-3-9-15-26)23-33(36(32)39)38-31-21-28(17-19-35(31)39)25-12-6-2-7-13-25/h1-23H. The quantitative estimate of drug-likeness (QED) is 0.205. The molecule has 0 N–H and O–H groups in total. The maximum atomic E-state index is 6.79. The van der Waals surface area contributed by atoms with Crippen LogP contribution in [0.4, 0.5) is 0 Å². The summed E-state index contributed by atoms with van der Waals surface area (Å²) in [6.07, 6.45) is 0. The fourth-order valence-corrected chi connectivity index (χ4v) is 10.2. The van der Waals surface area contributed by atoms with Crippen LogP contribution in [0.3, 0.4) is 0 Å². The molecule has 0 saturated heterocycles. The number of hydrogen-bond acceptors (Lipinski definition) is 3. The second-order valence-electron chi connectivity index (χ2n) is 10.1. The summed E-state index contributed by atoms with van der Waals surface area (Å²) in [5.74, 6) is 3.23. The van der Waals surface area contributed by atoms with E-state index < -0.39 is 6.04 Å². The molecule has 190 valence electrons. The summed E-state index contributed by atoms with van der Waals surface area (Å²) in [4.78, 5) is 0. The minimum atomic E-state index is -2.47. The summed E-state index contributed by atoms with van der Waals surface area (Å²) < 4.78 is 13.4. The summed E-state index contributed by atoms with van der Waals surface area (Å²) in [5.41, 5.74) is 6.66. The Morgan fingerprint density at radius 2 is 0.750 bits per heavy atom. The molecule has 0 radical (unpaired) electrons. The van der Waals surface area contributed by atoms with Gasteiger partial charge in [-0.25, -0.2) is 0 Å². The van der Waals surface area contributed by atoms with E-state index in [9.17, 15) is 0 Å². The van der Waals surface area contributed by atoms with Crippen LogP contribution in [0, 0.1) is 0 Å². The molecule has 8 rings (SSSR count). The predicted octanol–water partition coefficient (Wildman–Crippen LogP) is 8.65. The SMILES string of the molecule is S=P12c3ccc(-c4ccccc4)cc3Oc3cc(-c4ccccc4)cc(c31)Oc1cc(-c3ccccc3)ccc12. The molecule has 2 heterocycles. The molecule has 0 amide bonds. The molecule has 0 aromatic heterocycles. The predicted molar refractivity (Wildman–Crippen MR) is 169 cm³/mol. The lowest BCUT2D eigenvalue weighted by Crippen LogP contribution is -2.35. The average molecular weight is 551 g/mol. The number of hydrogen-bond donors (Lipinski definition) is 0. The molecule has 0 saturated carbocycles. The van der Waals surface area contributed by atoms with Crippen molar-refractivity contribution in [3.8, 4) is 56.4 Å². The minimum Gasteiger partial charge on any atom is -0.456 e. The highest BCUT2D eigenvalue weighted by molar-refractivity contribution is 8.26. The lowest BCUT2D eigenvalue weighted by Gasteiger charge is -2.38. The molecule has 4 heteroatoms. The van der Waals surface area contributed by atoms with E-state index in [2.05, 4.69) is 121 Å². The highest BCUT2D eigenvalue weighted by atomic mass is 32.4. The zero-order valence-electron chi connectivity index (χ0n) is 21.5. The van der Waals surface area contributed by atoms with Crippen LogP contribution in [-0.4, -0.2) is 0 Å². The monoisotopic (exact) mass is 550 g/mol. The topological polar surface area (TPSA) is 18.5 Å². The van der Waals surface area contributed by atoms with Crippen molar-refractivity contribution in [1.82, 2.24) is 0 Å². The van der Waals surface area contributed by atoms with Gasteiger partial charge in [0.25, 0.3) is 0 Å². The summed E-state index contributed by atoms with van der Waals surface area (Å²) in [6, 6.07) is 45.9. The minimum absolute atomic E-state index is 0.787. The first kappa shape index (κ1) is 23.5. The van der Waals surface area contributed by atoms with E-state index >= 15 is 0 Å². The number of ether oxygens (including phenoxy) is 2. The smallest absolute Gasteiger partial charge is 0.140 e. The number of benzene rings is 6. The summed E-state index contributed by atoms with van der Waals surface area (Å²) >= 11 is 6.79. The molecule has 0 unspecified atom stereocenters. The van der Waals surface area contributed by atoms with Gasteiger partial charge in [-0.2, -0.15) is 0 Å². The largest absolute Gasteiger partial charge is 0.456 e. The molecule has 0 aliphatic carbocycles. The van der Waals surface area contributed by atoms with Gasteiger partial charge in [0.15, 0.2) is 0 Å². The van der Waals surface area contributed by atoms with Gasteiger partial charge in [0.2, 0.25) is 0 Å². The Kier molecular flexibility index (Phi) is 5.31. The molecule has 2 aliphatic rings. The van der Waals surface area contributed by atoms with Crippen LogP contribution in [0.25, 0.3) is 33.4 Å². The second-order valence-corrected chi connectivity index (χ2v) is 14.4. The molecule has 2 nitrogen and oxygen atoms in total. The van der Waals surface area contributed by atoms with E-state index in [0.29, 0.717) is 0 Å². The van der Waals surface area contributed by atoms with Gasteiger partial charge in [-0.05, 0) is 69.8 Å². The van der Waals surface area contributed by atoms with Crippen molar-refractivity contribution in [2.75, 3.05) is 0 Å². The van der Waals surface area contributed by atoms with Crippen molar-refractivity contribution >= 4 is 33.8 Å². The van der Waals surface area contributed by atoms with E-state index in [1.807, 2.05) is 18.2 Å². The lowest BCUT2D eigenvalue weighted by molar-refractivity contribution is 0.467. The molecule has 0 fully saturated rings. The third kappa shape index (κ3) is 3.59. The first-order chi connectivity index (χ1) is 19.7. The highest BCUT2D eigenvalue weighted by Crippen LogP contribution is 2.59.